The van der Waals surface area contributed by atoms with Crippen LogP contribution in [0, 0.1) is 0 Å². The van der Waals surface area contributed by atoms with Gasteiger partial charge in [0.1, 0.15) is 5.76 Å². The van der Waals surface area contributed by atoms with Gasteiger partial charge >= 0.3 is 11.8 Å². The fourth-order valence-corrected chi connectivity index (χ4v) is 2.23. The van der Waals surface area contributed by atoms with E-state index in [9.17, 15) is 9.59 Å². The zero-order chi connectivity index (χ0) is 16.8. The topological polar surface area (TPSA) is 83.7 Å². The van der Waals surface area contributed by atoms with Crippen LogP contribution in [0.15, 0.2) is 46.1 Å². The Morgan fingerprint density at radius 1 is 1.22 bits per heavy atom. The molecule has 1 aromatic heterocycles. The summed E-state index contributed by atoms with van der Waals surface area (Å²) in [5.41, 5.74) is 3.21. The summed E-state index contributed by atoms with van der Waals surface area (Å²) in [5.74, 6) is -1.17. The third-order valence-electron chi connectivity index (χ3n) is 2.86. The van der Waals surface area contributed by atoms with Crippen molar-refractivity contribution in [3.05, 3.63) is 58.0 Å². The van der Waals surface area contributed by atoms with Gasteiger partial charge in [0, 0.05) is 10.6 Å². The molecule has 1 aromatic carbocycles. The molecule has 8 heteroatoms. The van der Waals surface area contributed by atoms with Crippen molar-refractivity contribution in [3.63, 3.8) is 0 Å². The van der Waals surface area contributed by atoms with Crippen molar-refractivity contribution in [1.29, 1.82) is 0 Å². The second kappa shape index (κ2) is 7.80. The molecule has 23 heavy (non-hydrogen) atoms. The number of carbonyl (C=O) groups excluding carboxylic acids is 2. The fourth-order valence-electron chi connectivity index (χ4n) is 1.69. The van der Waals surface area contributed by atoms with Crippen molar-refractivity contribution in [1.82, 2.24) is 10.7 Å². The molecule has 0 unspecified atom stereocenters. The lowest BCUT2D eigenvalue weighted by Gasteiger charge is -2.05. The maximum absolute atomic E-state index is 11.7. The highest BCUT2D eigenvalue weighted by Gasteiger charge is 2.13. The van der Waals surface area contributed by atoms with Gasteiger partial charge in [-0.05, 0) is 31.2 Å². The normalized spacial score (nSPS) is 11.2. The first-order valence-corrected chi connectivity index (χ1v) is 7.33. The second-order valence-electron chi connectivity index (χ2n) is 4.52. The number of hydrogen-bond acceptors (Lipinski definition) is 4. The number of hydrogen-bond donors (Lipinski definition) is 2. The molecular formula is C15H13Cl2N3O3. The Morgan fingerprint density at radius 2 is 2.00 bits per heavy atom. The zero-order valence-electron chi connectivity index (χ0n) is 12.1. The maximum Gasteiger partial charge on any atom is 0.329 e. The Morgan fingerprint density at radius 3 is 2.65 bits per heavy atom. The summed E-state index contributed by atoms with van der Waals surface area (Å²) in [7, 11) is 0. The summed E-state index contributed by atoms with van der Waals surface area (Å²) in [6.07, 6.45) is 1.48. The molecular weight excluding hydrogens is 341 g/mol. The number of halogens is 2. The average molecular weight is 354 g/mol. The third kappa shape index (κ3) is 4.84. The zero-order valence-corrected chi connectivity index (χ0v) is 13.6. The molecule has 0 radical (unpaired) electrons. The molecule has 0 saturated carbocycles. The van der Waals surface area contributed by atoms with Crippen molar-refractivity contribution < 1.29 is 14.0 Å². The first-order valence-electron chi connectivity index (χ1n) is 6.57. The van der Waals surface area contributed by atoms with E-state index in [4.69, 9.17) is 27.6 Å². The first-order chi connectivity index (χ1) is 11.0. The van der Waals surface area contributed by atoms with Gasteiger partial charge in [-0.15, -0.1) is 0 Å². The Kier molecular flexibility index (Phi) is 5.78. The van der Waals surface area contributed by atoms with Gasteiger partial charge in [0.25, 0.3) is 0 Å². The van der Waals surface area contributed by atoms with E-state index >= 15 is 0 Å². The number of nitrogens with zero attached hydrogens (tertiary/aromatic N) is 1. The fraction of sp³-hybridized carbons (Fsp3) is 0.133. The van der Waals surface area contributed by atoms with Crippen LogP contribution in [-0.4, -0.2) is 17.5 Å². The summed E-state index contributed by atoms with van der Waals surface area (Å²) in [6.45, 7) is 1.76. The molecule has 0 aliphatic heterocycles. The summed E-state index contributed by atoms with van der Waals surface area (Å²) >= 11 is 11.9. The minimum Gasteiger partial charge on any atom is -0.467 e. The maximum atomic E-state index is 11.7. The first kappa shape index (κ1) is 17.1. The number of rotatable bonds is 4. The van der Waals surface area contributed by atoms with E-state index in [1.54, 1.807) is 37.3 Å². The molecule has 1 heterocycles. The van der Waals surface area contributed by atoms with Crippen LogP contribution < -0.4 is 10.7 Å². The van der Waals surface area contributed by atoms with Crippen molar-refractivity contribution in [3.8, 4) is 0 Å². The van der Waals surface area contributed by atoms with Gasteiger partial charge in [0.15, 0.2) is 0 Å². The van der Waals surface area contributed by atoms with Crippen LogP contribution in [0.5, 0.6) is 0 Å². The molecule has 120 valence electrons. The second-order valence-corrected chi connectivity index (χ2v) is 5.37. The van der Waals surface area contributed by atoms with E-state index in [0.717, 1.165) is 0 Å². The monoisotopic (exact) mass is 353 g/mol. The minimum atomic E-state index is -0.888. The van der Waals surface area contributed by atoms with Gasteiger partial charge in [-0.25, -0.2) is 5.43 Å². The summed E-state index contributed by atoms with van der Waals surface area (Å²) in [6, 6.07) is 8.26. The Balaban J connectivity index is 1.92. The number of amides is 2. The molecule has 6 nitrogen and oxygen atoms in total. The highest BCUT2D eigenvalue weighted by atomic mass is 35.5. The van der Waals surface area contributed by atoms with Crippen LogP contribution in [0.1, 0.15) is 18.2 Å². The average Bonchev–Trinajstić information content (AvgIpc) is 3.03. The van der Waals surface area contributed by atoms with E-state index in [2.05, 4.69) is 15.8 Å². The minimum absolute atomic E-state index is 0.116. The van der Waals surface area contributed by atoms with Crippen LogP contribution in [-0.2, 0) is 16.1 Å². The highest BCUT2D eigenvalue weighted by Crippen LogP contribution is 2.21. The molecule has 0 aliphatic rings. The third-order valence-corrected chi connectivity index (χ3v) is 3.40. The van der Waals surface area contributed by atoms with Gasteiger partial charge in [-0.2, -0.15) is 5.10 Å². The van der Waals surface area contributed by atoms with E-state index in [-0.39, 0.29) is 6.54 Å². The van der Waals surface area contributed by atoms with Gasteiger partial charge in [0.2, 0.25) is 0 Å². The molecule has 0 spiro atoms. The Bertz CT molecular complexity index is 742. The lowest BCUT2D eigenvalue weighted by molar-refractivity contribution is -0.139. The summed E-state index contributed by atoms with van der Waals surface area (Å²) < 4.78 is 5.04. The predicted molar refractivity (Wildman–Crippen MR) is 87.4 cm³/mol. The molecule has 2 N–H and O–H groups in total. The quantitative estimate of drug-likeness (QED) is 0.503. The highest BCUT2D eigenvalue weighted by molar-refractivity contribution is 6.37. The van der Waals surface area contributed by atoms with E-state index < -0.39 is 11.8 Å². The van der Waals surface area contributed by atoms with Gasteiger partial charge < -0.3 is 9.73 Å². The number of furan rings is 1. The van der Waals surface area contributed by atoms with Gasteiger partial charge in [0.05, 0.1) is 23.5 Å². The van der Waals surface area contributed by atoms with Crippen molar-refractivity contribution >= 4 is 40.7 Å². The van der Waals surface area contributed by atoms with Crippen LogP contribution in [0.25, 0.3) is 0 Å². The molecule has 2 amide bonds. The van der Waals surface area contributed by atoms with Crippen LogP contribution in [0.3, 0.4) is 0 Å². The van der Waals surface area contributed by atoms with Crippen LogP contribution in [0.4, 0.5) is 0 Å². The van der Waals surface area contributed by atoms with Crippen molar-refractivity contribution in [2.75, 3.05) is 0 Å². The SMILES string of the molecule is C/C(=N/NC(=O)C(=O)NCc1ccco1)c1ccc(Cl)cc1Cl. The molecule has 0 atom stereocenters. The summed E-state index contributed by atoms with van der Waals surface area (Å²) in [5, 5.41) is 7.16. The lowest BCUT2D eigenvalue weighted by atomic mass is 10.1. The van der Waals surface area contributed by atoms with Crippen molar-refractivity contribution in [2.45, 2.75) is 13.5 Å². The number of benzene rings is 1. The van der Waals surface area contributed by atoms with Gasteiger partial charge in [-0.1, -0.05) is 29.3 Å². The number of nitrogens with one attached hydrogen (secondary N) is 2. The van der Waals surface area contributed by atoms with Crippen molar-refractivity contribution in [2.24, 2.45) is 5.10 Å². The lowest BCUT2D eigenvalue weighted by Crippen LogP contribution is -2.37. The Labute approximate surface area is 142 Å². The molecule has 0 saturated heterocycles. The smallest absolute Gasteiger partial charge is 0.329 e. The molecule has 0 fully saturated rings. The van der Waals surface area contributed by atoms with E-state index in [0.29, 0.717) is 27.1 Å². The molecule has 2 aromatic rings. The predicted octanol–water partition coefficient (Wildman–Crippen LogP) is 2.74. The van der Waals surface area contributed by atoms with Crippen LogP contribution in [0.2, 0.25) is 10.0 Å². The standard InChI is InChI=1S/C15H13Cl2N3O3/c1-9(12-5-4-10(16)7-13(12)17)19-20-15(22)14(21)18-8-11-3-2-6-23-11/h2-7H,8H2,1H3,(H,18,21)(H,20,22)/b19-9-. The molecule has 0 aliphatic carbocycles. The van der Waals surface area contributed by atoms with Crippen LogP contribution >= 0.6 is 23.2 Å². The number of carbonyl (C=O) groups is 2. The van der Waals surface area contributed by atoms with E-state index in [1.165, 1.54) is 6.26 Å². The summed E-state index contributed by atoms with van der Waals surface area (Å²) in [4.78, 5) is 23.3. The molecule has 0 bridgehead atoms. The molecule has 2 rings (SSSR count). The largest absolute Gasteiger partial charge is 0.467 e. The van der Waals surface area contributed by atoms with E-state index in [1.807, 2.05) is 0 Å². The van der Waals surface area contributed by atoms with Gasteiger partial charge in [-0.3, -0.25) is 9.59 Å². The number of hydrazone groups is 1. The Hall–Kier alpha value is -2.31.